The van der Waals surface area contributed by atoms with Crippen LogP contribution in [0.3, 0.4) is 0 Å². The number of benzene rings is 1. The number of aromatic carboxylic acids is 1. The van der Waals surface area contributed by atoms with Crippen LogP contribution in [-0.2, 0) is 18.3 Å². The Kier molecular flexibility index (Phi) is 7.08. The topological polar surface area (TPSA) is 137 Å². The second-order valence-corrected chi connectivity index (χ2v) is 9.34. The van der Waals surface area contributed by atoms with Crippen molar-refractivity contribution in [2.75, 3.05) is 12.8 Å². The largest absolute Gasteiger partial charge is 0.482 e. The lowest BCUT2D eigenvalue weighted by atomic mass is 10.0. The third kappa shape index (κ3) is 6.18. The van der Waals surface area contributed by atoms with Crippen LogP contribution in [0.1, 0.15) is 58.2 Å². The standard InChI is InChI=1S/C26H29FN6O5/c1-14(18-11-16(27)8-9-17(18)24(34)35)37-20-10-15(12-30-22(20)28)21-19(31-33(7)23(21)29-5)13-32(6)25(36)38-26(2,3)4/h8-12,14H,13H2,1-4,6-7H3,(H2,28,30)(H,34,35)/i13D2. The summed E-state index contributed by atoms with van der Waals surface area (Å²) >= 11 is 0. The molecule has 3 rings (SSSR count). The Morgan fingerprint density at radius 3 is 2.66 bits per heavy atom. The van der Waals surface area contributed by atoms with Gasteiger partial charge in [-0.15, -0.1) is 5.10 Å². The average molecular weight is 527 g/mol. The molecule has 0 aliphatic heterocycles. The lowest BCUT2D eigenvalue weighted by Gasteiger charge is -2.24. The number of carboxylic acids is 1. The minimum Gasteiger partial charge on any atom is -0.482 e. The highest BCUT2D eigenvalue weighted by Crippen LogP contribution is 2.38. The predicted octanol–water partition coefficient (Wildman–Crippen LogP) is 4.96. The van der Waals surface area contributed by atoms with Gasteiger partial charge in [-0.3, -0.25) is 0 Å². The van der Waals surface area contributed by atoms with Crippen molar-refractivity contribution in [2.24, 2.45) is 7.05 Å². The Hall–Kier alpha value is -4.66. The molecule has 1 atom stereocenters. The first kappa shape index (κ1) is 25.0. The number of aromatic nitrogens is 3. The van der Waals surface area contributed by atoms with Gasteiger partial charge in [-0.2, -0.15) is 0 Å². The molecule has 3 aromatic rings. The molecule has 12 heteroatoms. The van der Waals surface area contributed by atoms with Crippen molar-refractivity contribution in [3.63, 3.8) is 0 Å². The fourth-order valence-corrected chi connectivity index (χ4v) is 3.53. The van der Waals surface area contributed by atoms with Gasteiger partial charge in [0.15, 0.2) is 11.6 Å². The van der Waals surface area contributed by atoms with Gasteiger partial charge < -0.3 is 30.1 Å². The van der Waals surface area contributed by atoms with E-state index in [1.54, 1.807) is 20.8 Å². The molecule has 1 amide bonds. The lowest BCUT2D eigenvalue weighted by Crippen LogP contribution is -2.34. The molecule has 0 bridgehead atoms. The number of carbonyl (C=O) groups excluding carboxylic acids is 1. The summed E-state index contributed by atoms with van der Waals surface area (Å²) in [5.41, 5.74) is 4.96. The molecule has 0 aliphatic rings. The fourth-order valence-electron chi connectivity index (χ4n) is 3.53. The SMILES string of the molecule is [2H]C([2H])(c1nn(C)c([N+]#[C-])c1-c1cnc(N)c(OC(C)c2cc(F)ccc2C(=O)O)c1)N(C)C(=O)OC(C)(C)C. The summed E-state index contributed by atoms with van der Waals surface area (Å²) in [4.78, 5) is 32.7. The van der Waals surface area contributed by atoms with E-state index in [-0.39, 0.29) is 45.3 Å². The number of carbonyl (C=O) groups is 2. The summed E-state index contributed by atoms with van der Waals surface area (Å²) in [5.74, 6) is -2.11. The molecular weight excluding hydrogens is 495 g/mol. The van der Waals surface area contributed by atoms with E-state index < -0.39 is 36.1 Å². The Bertz CT molecular complexity index is 1510. The summed E-state index contributed by atoms with van der Waals surface area (Å²) in [7, 11) is 2.66. The van der Waals surface area contributed by atoms with Gasteiger partial charge in [0.1, 0.15) is 23.2 Å². The molecular formula is C26H29FN6O5. The third-order valence-electron chi connectivity index (χ3n) is 5.22. The summed E-state index contributed by atoms with van der Waals surface area (Å²) in [6.45, 7) is 11.6. The number of nitrogens with zero attached hydrogens (tertiary/aromatic N) is 5. The van der Waals surface area contributed by atoms with Crippen LogP contribution in [-0.4, -0.2) is 49.5 Å². The molecule has 38 heavy (non-hydrogen) atoms. The maximum Gasteiger partial charge on any atom is 0.410 e. The molecule has 3 N–H and O–H groups in total. The molecule has 0 spiro atoms. The van der Waals surface area contributed by atoms with Crippen LogP contribution >= 0.6 is 0 Å². The Morgan fingerprint density at radius 2 is 2.05 bits per heavy atom. The Morgan fingerprint density at radius 1 is 1.37 bits per heavy atom. The quantitative estimate of drug-likeness (QED) is 0.412. The summed E-state index contributed by atoms with van der Waals surface area (Å²) < 4.78 is 43.8. The minimum absolute atomic E-state index is 0.0277. The van der Waals surface area contributed by atoms with Gasteiger partial charge in [-0.05, 0) is 57.5 Å². The van der Waals surface area contributed by atoms with E-state index in [4.69, 9.17) is 24.5 Å². The highest BCUT2D eigenvalue weighted by molar-refractivity contribution is 5.89. The zero-order valence-electron chi connectivity index (χ0n) is 23.7. The van der Waals surface area contributed by atoms with Gasteiger partial charge in [0.2, 0.25) is 0 Å². The molecule has 0 radical (unpaired) electrons. The van der Waals surface area contributed by atoms with Crippen LogP contribution in [0.4, 0.5) is 20.8 Å². The van der Waals surface area contributed by atoms with Crippen LogP contribution in [0.25, 0.3) is 16.0 Å². The number of amides is 1. The van der Waals surface area contributed by atoms with E-state index in [0.29, 0.717) is 0 Å². The normalized spacial score (nSPS) is 13.1. The second kappa shape index (κ2) is 10.8. The van der Waals surface area contributed by atoms with Gasteiger partial charge in [0, 0.05) is 24.4 Å². The summed E-state index contributed by atoms with van der Waals surface area (Å²) in [6, 6.07) is 4.57. The first-order valence-corrected chi connectivity index (χ1v) is 11.3. The van der Waals surface area contributed by atoms with Crippen LogP contribution < -0.4 is 10.5 Å². The molecule has 0 saturated carbocycles. The Labute approximate surface area is 222 Å². The summed E-state index contributed by atoms with van der Waals surface area (Å²) in [5, 5.41) is 13.7. The van der Waals surface area contributed by atoms with Crippen LogP contribution in [0, 0.1) is 12.4 Å². The van der Waals surface area contributed by atoms with Crippen LogP contribution in [0.5, 0.6) is 5.75 Å². The number of hydrogen-bond donors (Lipinski definition) is 2. The van der Waals surface area contributed by atoms with Gasteiger partial charge in [0.05, 0.1) is 21.8 Å². The van der Waals surface area contributed by atoms with E-state index >= 15 is 0 Å². The number of nitrogens with two attached hydrogens (primary N) is 1. The van der Waals surface area contributed by atoms with E-state index in [1.165, 1.54) is 38.0 Å². The van der Waals surface area contributed by atoms with Gasteiger partial charge >= 0.3 is 12.1 Å². The molecule has 11 nitrogen and oxygen atoms in total. The zero-order chi connectivity index (χ0) is 30.2. The molecule has 2 heterocycles. The number of ether oxygens (including phenoxy) is 2. The summed E-state index contributed by atoms with van der Waals surface area (Å²) in [6.07, 6.45) is -0.646. The highest BCUT2D eigenvalue weighted by Gasteiger charge is 2.26. The van der Waals surface area contributed by atoms with Crippen LogP contribution in [0.2, 0.25) is 0 Å². The van der Waals surface area contributed by atoms with Crippen LogP contribution in [0.15, 0.2) is 30.5 Å². The average Bonchev–Trinajstić information content (AvgIpc) is 3.20. The van der Waals surface area contributed by atoms with Crippen molar-refractivity contribution < 1.29 is 31.3 Å². The van der Waals surface area contributed by atoms with Crippen molar-refractivity contribution in [3.8, 4) is 16.9 Å². The fraction of sp³-hybridized carbons (Fsp3) is 0.346. The first-order valence-electron chi connectivity index (χ1n) is 12.3. The molecule has 1 unspecified atom stereocenters. The number of nitrogen functional groups attached to an aromatic ring is 1. The van der Waals surface area contributed by atoms with E-state index in [2.05, 4.69) is 14.9 Å². The molecule has 1 aromatic carbocycles. The molecule has 0 fully saturated rings. The van der Waals surface area contributed by atoms with Gasteiger partial charge in [0.25, 0.3) is 5.82 Å². The predicted molar refractivity (Wildman–Crippen MR) is 137 cm³/mol. The van der Waals surface area contributed by atoms with Crippen molar-refractivity contribution >= 4 is 23.7 Å². The van der Waals surface area contributed by atoms with E-state index in [9.17, 15) is 19.1 Å². The number of hydrogen-bond acceptors (Lipinski definition) is 7. The first-order chi connectivity index (χ1) is 18.5. The van der Waals surface area contributed by atoms with E-state index in [1.807, 2.05) is 0 Å². The van der Waals surface area contributed by atoms with Crippen molar-refractivity contribution in [1.82, 2.24) is 19.7 Å². The lowest BCUT2D eigenvalue weighted by molar-refractivity contribution is 0.0283. The number of rotatable bonds is 7. The van der Waals surface area contributed by atoms with Gasteiger partial charge in [-0.1, -0.05) is 6.57 Å². The number of aryl methyl sites for hydroxylation is 1. The van der Waals surface area contributed by atoms with Crippen molar-refractivity contribution in [2.45, 2.75) is 45.9 Å². The third-order valence-corrected chi connectivity index (χ3v) is 5.22. The molecule has 2 aromatic heterocycles. The van der Waals surface area contributed by atoms with Gasteiger partial charge in [-0.25, -0.2) is 23.6 Å². The number of anilines is 1. The number of carboxylic acid groups (broad SMARTS) is 1. The second-order valence-electron chi connectivity index (χ2n) is 9.34. The molecule has 0 saturated heterocycles. The maximum absolute atomic E-state index is 13.9. The highest BCUT2D eigenvalue weighted by atomic mass is 19.1. The number of pyridine rings is 1. The maximum atomic E-state index is 13.9. The van der Waals surface area contributed by atoms with Crippen molar-refractivity contribution in [3.05, 3.63) is 64.5 Å². The van der Waals surface area contributed by atoms with Crippen molar-refractivity contribution in [1.29, 1.82) is 0 Å². The molecule has 200 valence electrons. The van der Waals surface area contributed by atoms with E-state index in [0.717, 1.165) is 23.1 Å². The zero-order valence-corrected chi connectivity index (χ0v) is 21.7. The smallest absolute Gasteiger partial charge is 0.410 e. The number of halogens is 1. The molecule has 0 aliphatic carbocycles. The monoisotopic (exact) mass is 526 g/mol. The Balaban J connectivity index is 2.10. The minimum atomic E-state index is -2.54.